The van der Waals surface area contributed by atoms with Crippen molar-refractivity contribution in [3.05, 3.63) is 66.2 Å². The molecule has 168 valence electrons. The summed E-state index contributed by atoms with van der Waals surface area (Å²) in [5.74, 6) is 1.09. The van der Waals surface area contributed by atoms with Crippen molar-refractivity contribution in [3.63, 3.8) is 0 Å². The van der Waals surface area contributed by atoms with Crippen LogP contribution in [0.3, 0.4) is 0 Å². The average Bonchev–Trinajstić information content (AvgIpc) is 3.35. The Hall–Kier alpha value is -3.26. The van der Waals surface area contributed by atoms with Crippen molar-refractivity contribution >= 4 is 6.03 Å². The largest absolute Gasteiger partial charge is 0.385 e. The summed E-state index contributed by atoms with van der Waals surface area (Å²) in [6.45, 7) is 2.39. The first-order chi connectivity index (χ1) is 15.7. The van der Waals surface area contributed by atoms with Crippen LogP contribution >= 0.6 is 0 Å². The van der Waals surface area contributed by atoms with Crippen LogP contribution in [-0.2, 0) is 16.6 Å². The van der Waals surface area contributed by atoms with Gasteiger partial charge in [0.25, 0.3) is 5.89 Å². The van der Waals surface area contributed by atoms with Gasteiger partial charge in [0.15, 0.2) is 5.82 Å². The van der Waals surface area contributed by atoms with Crippen LogP contribution in [0.1, 0.15) is 30.7 Å². The number of benzene rings is 1. The number of hydrogen-bond acceptors (Lipinski definition) is 6. The predicted molar refractivity (Wildman–Crippen MR) is 120 cm³/mol. The number of nitrogens with zero attached hydrogens (tertiary/aromatic N) is 4. The fraction of sp³-hybridized carbons (Fsp3) is 0.417. The molecule has 0 bridgehead atoms. The van der Waals surface area contributed by atoms with Gasteiger partial charge in [0.2, 0.25) is 0 Å². The van der Waals surface area contributed by atoms with E-state index in [1.54, 1.807) is 19.5 Å². The number of aromatic nitrogens is 3. The summed E-state index contributed by atoms with van der Waals surface area (Å²) in [5.41, 5.74) is 1.63. The van der Waals surface area contributed by atoms with E-state index in [4.69, 9.17) is 14.2 Å². The van der Waals surface area contributed by atoms with E-state index in [0.29, 0.717) is 44.4 Å². The molecule has 1 saturated heterocycles. The maximum atomic E-state index is 12.9. The van der Waals surface area contributed by atoms with Crippen LogP contribution in [0.15, 0.2) is 59.4 Å². The number of piperidine rings is 1. The molecule has 1 atom stereocenters. The number of carbonyl (C=O) groups is 1. The molecule has 0 radical (unpaired) electrons. The number of ether oxygens (including phenoxy) is 1. The molecule has 2 aromatic heterocycles. The van der Waals surface area contributed by atoms with Gasteiger partial charge >= 0.3 is 6.03 Å². The van der Waals surface area contributed by atoms with Crippen LogP contribution < -0.4 is 5.32 Å². The molecule has 1 fully saturated rings. The fourth-order valence-electron chi connectivity index (χ4n) is 4.22. The molecule has 3 aromatic rings. The van der Waals surface area contributed by atoms with Crippen LogP contribution in [0.5, 0.6) is 0 Å². The number of likely N-dealkylation sites (tertiary alicyclic amines) is 1. The summed E-state index contributed by atoms with van der Waals surface area (Å²) in [7, 11) is 1.68. The van der Waals surface area contributed by atoms with Gasteiger partial charge in [-0.05, 0) is 43.4 Å². The van der Waals surface area contributed by atoms with Gasteiger partial charge in [-0.3, -0.25) is 4.98 Å². The Morgan fingerprint density at radius 3 is 2.81 bits per heavy atom. The van der Waals surface area contributed by atoms with Crippen molar-refractivity contribution in [2.45, 2.75) is 31.1 Å². The van der Waals surface area contributed by atoms with E-state index in [-0.39, 0.29) is 6.03 Å². The lowest BCUT2D eigenvalue weighted by Gasteiger charge is -2.40. The lowest BCUT2D eigenvalue weighted by atomic mass is 9.76. The highest BCUT2D eigenvalue weighted by molar-refractivity contribution is 5.74. The Kier molecular flexibility index (Phi) is 7.11. The standard InChI is InChI=1S/C24H29N5O3/c1-31-17-12-24(22-27-21(32-28-22)20-9-13-25-14-10-20)11-5-16-29(18-24)23(30)26-15-8-19-6-3-2-4-7-19/h2-4,6-7,9-10,13-14H,5,8,11-12,15-18H2,1H3,(H,26,30). The Morgan fingerprint density at radius 2 is 2.03 bits per heavy atom. The molecule has 8 nitrogen and oxygen atoms in total. The van der Waals surface area contributed by atoms with Crippen molar-refractivity contribution in [1.29, 1.82) is 0 Å². The van der Waals surface area contributed by atoms with Crippen molar-refractivity contribution in [1.82, 2.24) is 25.3 Å². The van der Waals surface area contributed by atoms with E-state index in [2.05, 4.69) is 27.6 Å². The first kappa shape index (κ1) is 22.0. The number of methoxy groups -OCH3 is 1. The van der Waals surface area contributed by atoms with Crippen LogP contribution in [0, 0.1) is 0 Å². The van der Waals surface area contributed by atoms with Gasteiger partial charge in [-0.1, -0.05) is 35.5 Å². The third kappa shape index (κ3) is 5.13. The molecule has 1 aliphatic rings. The van der Waals surface area contributed by atoms with Gasteiger partial charge in [-0.25, -0.2) is 4.79 Å². The zero-order chi connectivity index (χ0) is 22.2. The maximum Gasteiger partial charge on any atom is 0.317 e. The van der Waals surface area contributed by atoms with Gasteiger partial charge < -0.3 is 19.5 Å². The van der Waals surface area contributed by atoms with E-state index in [1.165, 1.54) is 5.56 Å². The predicted octanol–water partition coefficient (Wildman–Crippen LogP) is 3.45. The van der Waals surface area contributed by atoms with E-state index in [1.807, 2.05) is 35.2 Å². The molecule has 32 heavy (non-hydrogen) atoms. The van der Waals surface area contributed by atoms with Gasteiger partial charge in [0.1, 0.15) is 0 Å². The summed E-state index contributed by atoms with van der Waals surface area (Å²) in [6, 6.07) is 13.8. The minimum absolute atomic E-state index is 0.0553. The summed E-state index contributed by atoms with van der Waals surface area (Å²) in [4.78, 5) is 23.5. The normalized spacial score (nSPS) is 18.5. The number of urea groups is 1. The second kappa shape index (κ2) is 10.4. The highest BCUT2D eigenvalue weighted by Gasteiger charge is 2.42. The minimum Gasteiger partial charge on any atom is -0.385 e. The zero-order valence-electron chi connectivity index (χ0n) is 18.4. The SMILES string of the molecule is COCCC1(c2noc(-c3ccncc3)n2)CCCN(C(=O)NCCc2ccccc2)C1. The molecule has 1 unspecified atom stereocenters. The molecular formula is C24H29N5O3. The van der Waals surface area contributed by atoms with Crippen LogP contribution in [0.4, 0.5) is 4.79 Å². The Morgan fingerprint density at radius 1 is 1.22 bits per heavy atom. The quantitative estimate of drug-likeness (QED) is 0.582. The second-order valence-electron chi connectivity index (χ2n) is 8.17. The number of rotatable bonds is 8. The highest BCUT2D eigenvalue weighted by Crippen LogP contribution is 2.36. The smallest absolute Gasteiger partial charge is 0.317 e. The fourth-order valence-corrected chi connectivity index (χ4v) is 4.22. The number of nitrogens with one attached hydrogen (secondary N) is 1. The topological polar surface area (TPSA) is 93.4 Å². The summed E-state index contributed by atoms with van der Waals surface area (Å²) in [5, 5.41) is 7.38. The van der Waals surface area contributed by atoms with Gasteiger partial charge in [-0.2, -0.15) is 4.98 Å². The second-order valence-corrected chi connectivity index (χ2v) is 8.17. The third-order valence-electron chi connectivity index (χ3n) is 6.01. The lowest BCUT2D eigenvalue weighted by Crippen LogP contribution is -2.52. The van der Waals surface area contributed by atoms with Gasteiger partial charge in [0, 0.05) is 51.3 Å². The van der Waals surface area contributed by atoms with Crippen LogP contribution in [0.2, 0.25) is 0 Å². The summed E-state index contributed by atoms with van der Waals surface area (Å²) < 4.78 is 10.9. The monoisotopic (exact) mass is 435 g/mol. The maximum absolute atomic E-state index is 12.9. The summed E-state index contributed by atoms with van der Waals surface area (Å²) in [6.07, 6.45) is 6.65. The van der Waals surface area contributed by atoms with E-state index >= 15 is 0 Å². The number of carbonyl (C=O) groups excluding carboxylic acids is 1. The van der Waals surface area contributed by atoms with Crippen LogP contribution in [0.25, 0.3) is 11.5 Å². The first-order valence-corrected chi connectivity index (χ1v) is 11.0. The van der Waals surface area contributed by atoms with Crippen molar-refractivity contribution in [2.24, 2.45) is 0 Å². The highest BCUT2D eigenvalue weighted by atomic mass is 16.5. The molecule has 8 heteroatoms. The Labute approximate surface area is 188 Å². The zero-order valence-corrected chi connectivity index (χ0v) is 18.4. The average molecular weight is 436 g/mol. The van der Waals surface area contributed by atoms with Crippen molar-refractivity contribution < 1.29 is 14.1 Å². The number of pyridine rings is 1. The van der Waals surface area contributed by atoms with Gasteiger partial charge in [-0.15, -0.1) is 0 Å². The Bertz CT molecular complexity index is 995. The van der Waals surface area contributed by atoms with E-state index in [9.17, 15) is 4.79 Å². The molecule has 1 N–H and O–H groups in total. The molecule has 1 aliphatic heterocycles. The molecule has 0 spiro atoms. The van der Waals surface area contributed by atoms with Gasteiger partial charge in [0.05, 0.1) is 5.41 Å². The number of hydrogen-bond donors (Lipinski definition) is 1. The van der Waals surface area contributed by atoms with Crippen molar-refractivity contribution in [3.8, 4) is 11.5 Å². The third-order valence-corrected chi connectivity index (χ3v) is 6.01. The lowest BCUT2D eigenvalue weighted by molar-refractivity contribution is 0.106. The molecule has 0 saturated carbocycles. The molecule has 1 aromatic carbocycles. The first-order valence-electron chi connectivity index (χ1n) is 11.0. The summed E-state index contributed by atoms with van der Waals surface area (Å²) >= 11 is 0. The molecule has 2 amide bonds. The van der Waals surface area contributed by atoms with E-state index < -0.39 is 5.41 Å². The molecule has 3 heterocycles. The van der Waals surface area contributed by atoms with E-state index in [0.717, 1.165) is 24.8 Å². The number of amides is 2. The molecule has 4 rings (SSSR count). The van der Waals surface area contributed by atoms with Crippen molar-refractivity contribution in [2.75, 3.05) is 33.4 Å². The molecule has 0 aliphatic carbocycles. The van der Waals surface area contributed by atoms with Crippen LogP contribution in [-0.4, -0.2) is 59.4 Å². The molecular weight excluding hydrogens is 406 g/mol. The minimum atomic E-state index is -0.403. The Balaban J connectivity index is 1.46.